The largest absolute Gasteiger partial charge is 0.330 e. The Kier molecular flexibility index (Phi) is 2.66. The highest BCUT2D eigenvalue weighted by Crippen LogP contribution is 2.27. The number of benzene rings is 1. The van der Waals surface area contributed by atoms with Gasteiger partial charge in [0.05, 0.1) is 11.9 Å². The molecule has 0 saturated carbocycles. The van der Waals surface area contributed by atoms with Crippen LogP contribution in [-0.2, 0) is 6.42 Å². The number of hydrogen-bond acceptors (Lipinski definition) is 3. The minimum absolute atomic E-state index is 0.628. The third-order valence-corrected chi connectivity index (χ3v) is 3.64. The number of thiazole rings is 1. The molecule has 0 aliphatic carbocycles. The van der Waals surface area contributed by atoms with Crippen molar-refractivity contribution in [2.24, 2.45) is 5.73 Å². The fraction of sp³-hybridized carbons (Fsp3) is 0.154. The minimum atomic E-state index is 0.628. The summed E-state index contributed by atoms with van der Waals surface area (Å²) in [4.78, 5) is 5.60. The van der Waals surface area contributed by atoms with E-state index in [1.165, 1.54) is 16.1 Å². The highest BCUT2D eigenvalue weighted by atomic mass is 32.1. The Hall–Kier alpha value is -1.65. The van der Waals surface area contributed by atoms with Gasteiger partial charge in [0, 0.05) is 11.8 Å². The Bertz CT molecular complexity index is 624. The standard InChI is InChI=1S/C13H13N3S/c14-7-6-12-15-8-13-16(12)11(9-17-13)10-4-2-1-3-5-10/h1-5,8-9H,6-7,14H2. The second-order valence-electron chi connectivity index (χ2n) is 3.87. The number of imidazole rings is 1. The van der Waals surface area contributed by atoms with Gasteiger partial charge in [-0.3, -0.25) is 4.40 Å². The maximum atomic E-state index is 5.62. The Balaban J connectivity index is 2.19. The summed E-state index contributed by atoms with van der Waals surface area (Å²) in [7, 11) is 0. The van der Waals surface area contributed by atoms with E-state index >= 15 is 0 Å². The van der Waals surface area contributed by atoms with Crippen LogP contribution in [0.4, 0.5) is 0 Å². The maximum Gasteiger partial charge on any atom is 0.120 e. The molecule has 2 heterocycles. The van der Waals surface area contributed by atoms with Gasteiger partial charge in [-0.1, -0.05) is 30.3 Å². The minimum Gasteiger partial charge on any atom is -0.330 e. The highest BCUT2D eigenvalue weighted by molar-refractivity contribution is 7.15. The van der Waals surface area contributed by atoms with E-state index in [9.17, 15) is 0 Å². The molecule has 2 N–H and O–H groups in total. The Morgan fingerprint density at radius 2 is 2.06 bits per heavy atom. The average Bonchev–Trinajstić information content (AvgIpc) is 2.94. The lowest BCUT2D eigenvalue weighted by molar-refractivity contribution is 0.869. The number of nitrogens with two attached hydrogens (primary N) is 1. The molecule has 0 fully saturated rings. The molecular weight excluding hydrogens is 230 g/mol. The molecule has 0 aliphatic heterocycles. The van der Waals surface area contributed by atoms with Crippen LogP contribution in [-0.4, -0.2) is 15.9 Å². The molecule has 4 heteroatoms. The number of nitrogens with zero attached hydrogens (tertiary/aromatic N) is 2. The molecule has 17 heavy (non-hydrogen) atoms. The molecule has 0 unspecified atom stereocenters. The van der Waals surface area contributed by atoms with Crippen LogP contribution in [0.25, 0.3) is 16.1 Å². The lowest BCUT2D eigenvalue weighted by atomic mass is 10.2. The fourth-order valence-electron chi connectivity index (χ4n) is 1.99. The summed E-state index contributed by atoms with van der Waals surface area (Å²) in [5.41, 5.74) is 8.04. The first kappa shape index (κ1) is 10.5. The van der Waals surface area contributed by atoms with Gasteiger partial charge in [-0.15, -0.1) is 11.3 Å². The van der Waals surface area contributed by atoms with Gasteiger partial charge in [-0.2, -0.15) is 0 Å². The second kappa shape index (κ2) is 4.31. The van der Waals surface area contributed by atoms with Crippen molar-refractivity contribution in [3.05, 3.63) is 47.7 Å². The molecular formula is C13H13N3S. The predicted octanol–water partition coefficient (Wildman–Crippen LogP) is 2.56. The summed E-state index contributed by atoms with van der Waals surface area (Å²) < 4.78 is 2.20. The summed E-state index contributed by atoms with van der Waals surface area (Å²) in [6.45, 7) is 0.628. The monoisotopic (exact) mass is 243 g/mol. The summed E-state index contributed by atoms with van der Waals surface area (Å²) in [5, 5.41) is 2.17. The van der Waals surface area contributed by atoms with Crippen molar-refractivity contribution < 1.29 is 0 Å². The fourth-order valence-corrected chi connectivity index (χ4v) is 2.89. The SMILES string of the molecule is NCCc1ncc2scc(-c3ccccc3)n12. The van der Waals surface area contributed by atoms with Crippen molar-refractivity contribution in [1.82, 2.24) is 9.38 Å². The molecule has 3 nitrogen and oxygen atoms in total. The van der Waals surface area contributed by atoms with Gasteiger partial charge in [-0.05, 0) is 12.1 Å². The predicted molar refractivity (Wildman–Crippen MR) is 71.3 cm³/mol. The van der Waals surface area contributed by atoms with Crippen LogP contribution in [0.1, 0.15) is 5.82 Å². The molecule has 1 aromatic carbocycles. The Morgan fingerprint density at radius 1 is 1.24 bits per heavy atom. The summed E-state index contributed by atoms with van der Waals surface area (Å²) in [6, 6.07) is 10.4. The third-order valence-electron chi connectivity index (χ3n) is 2.77. The van der Waals surface area contributed by atoms with E-state index in [1.807, 2.05) is 12.3 Å². The van der Waals surface area contributed by atoms with E-state index in [1.54, 1.807) is 11.3 Å². The number of aromatic nitrogens is 2. The van der Waals surface area contributed by atoms with Gasteiger partial charge >= 0.3 is 0 Å². The first-order valence-corrected chi connectivity index (χ1v) is 6.47. The van der Waals surface area contributed by atoms with Crippen molar-refractivity contribution in [3.8, 4) is 11.3 Å². The molecule has 0 saturated heterocycles. The topological polar surface area (TPSA) is 43.3 Å². The van der Waals surface area contributed by atoms with Crippen LogP contribution in [0.15, 0.2) is 41.9 Å². The van der Waals surface area contributed by atoms with Gasteiger partial charge < -0.3 is 5.73 Å². The molecule has 2 aromatic heterocycles. The lowest BCUT2D eigenvalue weighted by Crippen LogP contribution is -2.06. The Morgan fingerprint density at radius 3 is 2.82 bits per heavy atom. The van der Waals surface area contributed by atoms with E-state index in [2.05, 4.69) is 39.0 Å². The normalized spacial score (nSPS) is 11.1. The first-order chi connectivity index (χ1) is 8.40. The summed E-state index contributed by atoms with van der Waals surface area (Å²) in [6.07, 6.45) is 2.73. The van der Waals surface area contributed by atoms with Crippen LogP contribution in [0, 0.1) is 0 Å². The Labute approximate surface area is 104 Å². The zero-order valence-corrected chi connectivity index (χ0v) is 10.2. The summed E-state index contributed by atoms with van der Waals surface area (Å²) >= 11 is 1.72. The maximum absolute atomic E-state index is 5.62. The van der Waals surface area contributed by atoms with E-state index in [0.717, 1.165) is 12.2 Å². The van der Waals surface area contributed by atoms with Gasteiger partial charge in [0.15, 0.2) is 0 Å². The second-order valence-corrected chi connectivity index (χ2v) is 4.76. The number of fused-ring (bicyclic) bond motifs is 1. The number of hydrogen-bond donors (Lipinski definition) is 1. The van der Waals surface area contributed by atoms with E-state index in [-0.39, 0.29) is 0 Å². The highest BCUT2D eigenvalue weighted by Gasteiger charge is 2.10. The van der Waals surface area contributed by atoms with Crippen molar-refractivity contribution in [2.45, 2.75) is 6.42 Å². The molecule has 0 bridgehead atoms. The molecule has 3 aromatic rings. The molecule has 0 spiro atoms. The van der Waals surface area contributed by atoms with Crippen molar-refractivity contribution >= 4 is 16.2 Å². The van der Waals surface area contributed by atoms with Crippen LogP contribution < -0.4 is 5.73 Å². The lowest BCUT2D eigenvalue weighted by Gasteiger charge is -2.02. The van der Waals surface area contributed by atoms with Gasteiger partial charge in [0.25, 0.3) is 0 Å². The van der Waals surface area contributed by atoms with E-state index in [0.29, 0.717) is 6.54 Å². The number of rotatable bonds is 3. The van der Waals surface area contributed by atoms with E-state index < -0.39 is 0 Å². The van der Waals surface area contributed by atoms with Crippen LogP contribution in [0.3, 0.4) is 0 Å². The molecule has 0 amide bonds. The molecule has 86 valence electrons. The molecule has 3 rings (SSSR count). The van der Waals surface area contributed by atoms with Gasteiger partial charge in [-0.25, -0.2) is 4.98 Å². The smallest absolute Gasteiger partial charge is 0.120 e. The average molecular weight is 243 g/mol. The van der Waals surface area contributed by atoms with Crippen molar-refractivity contribution in [1.29, 1.82) is 0 Å². The molecule has 0 atom stereocenters. The van der Waals surface area contributed by atoms with E-state index in [4.69, 9.17) is 5.73 Å². The van der Waals surface area contributed by atoms with Gasteiger partial charge in [0.1, 0.15) is 10.7 Å². The quantitative estimate of drug-likeness (QED) is 0.768. The van der Waals surface area contributed by atoms with Crippen LogP contribution in [0.2, 0.25) is 0 Å². The van der Waals surface area contributed by atoms with Crippen LogP contribution >= 0.6 is 11.3 Å². The zero-order chi connectivity index (χ0) is 11.7. The van der Waals surface area contributed by atoms with Crippen LogP contribution in [0.5, 0.6) is 0 Å². The molecule has 0 radical (unpaired) electrons. The summed E-state index contributed by atoms with van der Waals surface area (Å²) in [5.74, 6) is 1.04. The molecule has 0 aliphatic rings. The van der Waals surface area contributed by atoms with Crippen molar-refractivity contribution in [3.63, 3.8) is 0 Å². The third kappa shape index (κ3) is 1.75. The first-order valence-electron chi connectivity index (χ1n) is 5.59. The van der Waals surface area contributed by atoms with Gasteiger partial charge in [0.2, 0.25) is 0 Å². The zero-order valence-electron chi connectivity index (χ0n) is 9.34. The van der Waals surface area contributed by atoms with Crippen molar-refractivity contribution in [2.75, 3.05) is 6.54 Å².